The molecule has 0 atom stereocenters. The molecule has 0 aliphatic carbocycles. The Morgan fingerprint density at radius 1 is 1.08 bits per heavy atom. The highest BCUT2D eigenvalue weighted by molar-refractivity contribution is 4.47. The van der Waals surface area contributed by atoms with Crippen LogP contribution in [0.5, 0.6) is 0 Å². The highest BCUT2D eigenvalue weighted by atomic mass is 19.3. The first kappa shape index (κ1) is 14.0. The third-order valence-electron chi connectivity index (χ3n) is 0.379. The van der Waals surface area contributed by atoms with Crippen molar-refractivity contribution < 1.29 is 35.8 Å². The van der Waals surface area contributed by atoms with Gasteiger partial charge in [-0.1, -0.05) is 0 Å². The SMILES string of the molecule is FCC(F)F.OC(F)(F)C(F)F. The smallest absolute Gasteiger partial charge is 0.332 e. The lowest BCUT2D eigenvalue weighted by Gasteiger charge is -2.03. The molecule has 0 heterocycles. The van der Waals surface area contributed by atoms with Gasteiger partial charge < -0.3 is 5.11 Å². The molecule has 0 unspecified atom stereocenters. The minimum atomic E-state index is -4.83. The van der Waals surface area contributed by atoms with E-state index in [2.05, 4.69) is 0 Å². The quantitative estimate of drug-likeness (QED) is 0.679. The first-order valence-electron chi connectivity index (χ1n) is 2.44. The van der Waals surface area contributed by atoms with Crippen molar-refractivity contribution in [1.29, 1.82) is 0 Å². The summed E-state index contributed by atoms with van der Waals surface area (Å²) >= 11 is 0. The largest absolute Gasteiger partial charge is 0.414 e. The van der Waals surface area contributed by atoms with E-state index < -0.39 is 25.6 Å². The van der Waals surface area contributed by atoms with Gasteiger partial charge in [0.25, 0.3) is 6.43 Å². The molecular formula is C4H5F7O. The first-order valence-corrected chi connectivity index (χ1v) is 2.44. The molecular weight excluding hydrogens is 197 g/mol. The summed E-state index contributed by atoms with van der Waals surface area (Å²) in [5, 5.41) is 7.01. The van der Waals surface area contributed by atoms with E-state index in [9.17, 15) is 30.7 Å². The Bertz CT molecular complexity index is 98.1. The molecule has 0 amide bonds. The summed E-state index contributed by atoms with van der Waals surface area (Å²) in [5.41, 5.74) is 0. The van der Waals surface area contributed by atoms with Crippen molar-refractivity contribution in [2.75, 3.05) is 6.67 Å². The second-order valence-corrected chi connectivity index (χ2v) is 1.43. The summed E-state index contributed by atoms with van der Waals surface area (Å²) in [6, 6.07) is 0. The van der Waals surface area contributed by atoms with E-state index in [1.165, 1.54) is 0 Å². The maximum atomic E-state index is 10.7. The minimum Gasteiger partial charge on any atom is -0.332 e. The molecule has 0 aliphatic heterocycles. The molecule has 0 rings (SSSR count). The van der Waals surface area contributed by atoms with Gasteiger partial charge in [-0.2, -0.15) is 8.78 Å². The van der Waals surface area contributed by atoms with E-state index in [0.717, 1.165) is 0 Å². The van der Waals surface area contributed by atoms with Crippen molar-refractivity contribution >= 4 is 0 Å². The summed E-state index contributed by atoms with van der Waals surface area (Å²) in [7, 11) is 0. The van der Waals surface area contributed by atoms with Crippen molar-refractivity contribution in [3.8, 4) is 0 Å². The van der Waals surface area contributed by atoms with Gasteiger partial charge in [-0.15, -0.1) is 0 Å². The molecule has 0 aromatic carbocycles. The maximum Gasteiger partial charge on any atom is 0.414 e. The van der Waals surface area contributed by atoms with Crippen molar-refractivity contribution in [1.82, 2.24) is 0 Å². The van der Waals surface area contributed by atoms with Crippen LogP contribution >= 0.6 is 0 Å². The number of halogens is 7. The van der Waals surface area contributed by atoms with Crippen molar-refractivity contribution in [3.63, 3.8) is 0 Å². The van der Waals surface area contributed by atoms with E-state index in [0.29, 0.717) is 0 Å². The van der Waals surface area contributed by atoms with Crippen LogP contribution in [-0.4, -0.2) is 30.7 Å². The van der Waals surface area contributed by atoms with E-state index in [1.807, 2.05) is 0 Å². The average molecular weight is 202 g/mol. The zero-order valence-corrected chi connectivity index (χ0v) is 5.45. The molecule has 8 heteroatoms. The fourth-order valence-electron chi connectivity index (χ4n) is 0. The summed E-state index contributed by atoms with van der Waals surface area (Å²) in [6.45, 7) is -1.53. The normalized spacial score (nSPS) is 11.5. The second-order valence-electron chi connectivity index (χ2n) is 1.43. The van der Waals surface area contributed by atoms with Gasteiger partial charge in [-0.05, 0) is 0 Å². The molecule has 0 aliphatic rings. The highest BCUT2D eigenvalue weighted by Gasteiger charge is 2.37. The number of alkyl halides is 7. The fourth-order valence-corrected chi connectivity index (χ4v) is 0. The Morgan fingerprint density at radius 2 is 1.25 bits per heavy atom. The lowest BCUT2D eigenvalue weighted by molar-refractivity contribution is -0.271. The Hall–Kier alpha value is -0.530. The van der Waals surface area contributed by atoms with Crippen LogP contribution in [-0.2, 0) is 0 Å². The third-order valence-corrected chi connectivity index (χ3v) is 0.379. The second kappa shape index (κ2) is 6.04. The van der Waals surface area contributed by atoms with Gasteiger partial charge in [0.05, 0.1) is 0 Å². The predicted octanol–water partition coefficient (Wildman–Crippen LogP) is 2.06. The van der Waals surface area contributed by atoms with Crippen molar-refractivity contribution in [2.24, 2.45) is 0 Å². The van der Waals surface area contributed by atoms with E-state index in [1.54, 1.807) is 0 Å². The van der Waals surface area contributed by atoms with Crippen LogP contribution in [0.4, 0.5) is 30.7 Å². The van der Waals surface area contributed by atoms with Crippen LogP contribution in [0.1, 0.15) is 0 Å². The molecule has 0 bridgehead atoms. The monoisotopic (exact) mass is 202 g/mol. The minimum absolute atomic E-state index is 1.53. The summed E-state index contributed by atoms with van der Waals surface area (Å²) in [5.74, 6) is 0. The van der Waals surface area contributed by atoms with E-state index >= 15 is 0 Å². The average Bonchev–Trinajstić information content (AvgIpc) is 1.87. The van der Waals surface area contributed by atoms with Gasteiger partial charge in [-0.25, -0.2) is 22.0 Å². The number of rotatable bonds is 2. The van der Waals surface area contributed by atoms with Crippen LogP contribution in [0, 0.1) is 0 Å². The van der Waals surface area contributed by atoms with Crippen LogP contribution < -0.4 is 0 Å². The molecule has 1 N–H and O–H groups in total. The summed E-state index contributed by atoms with van der Waals surface area (Å²) in [6.07, 6.45) is -11.6. The zero-order chi connectivity index (χ0) is 10.4. The molecule has 0 aromatic heterocycles. The molecule has 1 nitrogen and oxygen atoms in total. The van der Waals surface area contributed by atoms with Crippen LogP contribution in [0.3, 0.4) is 0 Å². The summed E-state index contributed by atoms with van der Waals surface area (Å²) < 4.78 is 73.5. The number of hydrogen-bond acceptors (Lipinski definition) is 1. The molecule has 12 heavy (non-hydrogen) atoms. The van der Waals surface area contributed by atoms with Gasteiger partial charge in [0.15, 0.2) is 6.67 Å². The fraction of sp³-hybridized carbons (Fsp3) is 1.00. The lowest BCUT2D eigenvalue weighted by atomic mass is 10.7. The van der Waals surface area contributed by atoms with Crippen molar-refractivity contribution in [2.45, 2.75) is 19.0 Å². The Morgan fingerprint density at radius 3 is 1.25 bits per heavy atom. The van der Waals surface area contributed by atoms with Crippen LogP contribution in [0.25, 0.3) is 0 Å². The first-order chi connectivity index (χ1) is 5.21. The molecule has 0 radical (unpaired) electrons. The molecule has 0 saturated heterocycles. The molecule has 0 fully saturated rings. The Labute approximate surface area is 62.8 Å². The van der Waals surface area contributed by atoms with E-state index in [4.69, 9.17) is 5.11 Å². The molecule has 76 valence electrons. The Balaban J connectivity index is 0. The van der Waals surface area contributed by atoms with Crippen LogP contribution in [0.2, 0.25) is 0 Å². The lowest BCUT2D eigenvalue weighted by Crippen LogP contribution is -2.24. The van der Waals surface area contributed by atoms with Gasteiger partial charge >= 0.3 is 12.5 Å². The van der Waals surface area contributed by atoms with Gasteiger partial charge in [0.2, 0.25) is 0 Å². The highest BCUT2D eigenvalue weighted by Crippen LogP contribution is 2.17. The predicted molar refractivity (Wildman–Crippen MR) is 25.1 cm³/mol. The molecule has 0 spiro atoms. The number of hydrogen-bond donors (Lipinski definition) is 1. The van der Waals surface area contributed by atoms with Crippen LogP contribution in [0.15, 0.2) is 0 Å². The van der Waals surface area contributed by atoms with Gasteiger partial charge in [0.1, 0.15) is 0 Å². The van der Waals surface area contributed by atoms with Gasteiger partial charge in [-0.3, -0.25) is 0 Å². The van der Waals surface area contributed by atoms with Crippen molar-refractivity contribution in [3.05, 3.63) is 0 Å². The van der Waals surface area contributed by atoms with E-state index in [-0.39, 0.29) is 0 Å². The maximum absolute atomic E-state index is 10.7. The molecule has 0 aromatic rings. The molecule has 0 saturated carbocycles. The number of aliphatic hydroxyl groups is 1. The Kier molecular flexibility index (Phi) is 7.05. The standard InChI is InChI=1S/C2H2F4O.C2H3F3/c3-1(4)2(5,6)7;3-1-2(4)5/h1,7H;2H,1H2. The summed E-state index contributed by atoms with van der Waals surface area (Å²) in [4.78, 5) is 0. The zero-order valence-electron chi connectivity index (χ0n) is 5.45. The van der Waals surface area contributed by atoms with Gasteiger partial charge in [0, 0.05) is 0 Å². The third kappa shape index (κ3) is 12.2. The topological polar surface area (TPSA) is 20.2 Å².